The van der Waals surface area contributed by atoms with Gasteiger partial charge in [-0.2, -0.15) is 0 Å². The molecule has 9 heteroatoms. The van der Waals surface area contributed by atoms with Gasteiger partial charge >= 0.3 is 0 Å². The molecule has 4 aromatic carbocycles. The predicted molar refractivity (Wildman–Crippen MR) is 160 cm³/mol. The fourth-order valence-electron chi connectivity index (χ4n) is 4.68. The summed E-state index contributed by atoms with van der Waals surface area (Å²) in [5.74, 6) is 0.523. The normalized spacial score (nSPS) is 11.8. The van der Waals surface area contributed by atoms with Gasteiger partial charge in [-0.15, -0.1) is 10.2 Å². The molecule has 0 fully saturated rings. The first-order chi connectivity index (χ1) is 19.9. The third kappa shape index (κ3) is 6.36. The summed E-state index contributed by atoms with van der Waals surface area (Å²) in [6, 6.07) is 33.2. The summed E-state index contributed by atoms with van der Waals surface area (Å²) in [6.45, 7) is 3.93. The van der Waals surface area contributed by atoms with E-state index in [1.165, 1.54) is 35.0 Å². The van der Waals surface area contributed by atoms with Crippen LogP contribution in [-0.4, -0.2) is 25.6 Å². The monoisotopic (exact) mass is 563 g/mol. The zero-order valence-electron chi connectivity index (χ0n) is 22.7. The predicted octanol–water partition coefficient (Wildman–Crippen LogP) is 6.79. The molecule has 5 aromatic rings. The second-order valence-corrected chi connectivity index (χ2v) is 10.6. The molecular formula is C32H29N5O3S. The van der Waals surface area contributed by atoms with E-state index in [9.17, 15) is 14.9 Å². The zero-order chi connectivity index (χ0) is 28.8. The van der Waals surface area contributed by atoms with Gasteiger partial charge in [0.25, 0.3) is 5.69 Å². The third-order valence-corrected chi connectivity index (χ3v) is 7.85. The van der Waals surface area contributed by atoms with Crippen molar-refractivity contribution in [1.82, 2.24) is 20.1 Å². The minimum atomic E-state index is -0.509. The average molecular weight is 564 g/mol. The molecule has 0 aliphatic rings. The molecule has 8 nitrogen and oxygen atoms in total. The number of benzene rings is 4. The fraction of sp³-hybridized carbons (Fsp3) is 0.156. The van der Waals surface area contributed by atoms with Crippen LogP contribution in [0.2, 0.25) is 0 Å². The van der Waals surface area contributed by atoms with E-state index < -0.39 is 16.9 Å². The van der Waals surface area contributed by atoms with Crippen LogP contribution in [0.1, 0.15) is 47.0 Å². The number of aromatic nitrogens is 3. The highest BCUT2D eigenvalue weighted by molar-refractivity contribution is 7.98. The van der Waals surface area contributed by atoms with Crippen LogP contribution in [0.25, 0.3) is 5.69 Å². The topological polar surface area (TPSA) is 103 Å². The van der Waals surface area contributed by atoms with Crippen LogP contribution in [0.15, 0.2) is 114 Å². The van der Waals surface area contributed by atoms with Crippen molar-refractivity contribution in [2.24, 2.45) is 0 Å². The molecule has 1 heterocycles. The van der Waals surface area contributed by atoms with Gasteiger partial charge in [0.05, 0.1) is 16.9 Å². The second kappa shape index (κ2) is 12.6. The number of carbonyl (C=O) groups is 1. The van der Waals surface area contributed by atoms with Gasteiger partial charge in [0.1, 0.15) is 0 Å². The van der Waals surface area contributed by atoms with Crippen LogP contribution in [0, 0.1) is 17.0 Å². The molecule has 1 N–H and O–H groups in total. The molecule has 0 radical (unpaired) electrons. The van der Waals surface area contributed by atoms with Gasteiger partial charge in [-0.25, -0.2) is 0 Å². The third-order valence-electron chi connectivity index (χ3n) is 6.87. The van der Waals surface area contributed by atoms with Gasteiger partial charge in [0, 0.05) is 23.6 Å². The number of carbonyl (C=O) groups excluding carboxylic acids is 1. The smallest absolute Gasteiger partial charge is 0.269 e. The summed E-state index contributed by atoms with van der Waals surface area (Å²) < 4.78 is 1.86. The summed E-state index contributed by atoms with van der Waals surface area (Å²) in [7, 11) is 0. The van der Waals surface area contributed by atoms with Crippen molar-refractivity contribution in [1.29, 1.82) is 0 Å². The Kier molecular flexibility index (Phi) is 8.55. The summed E-state index contributed by atoms with van der Waals surface area (Å²) in [4.78, 5) is 24.6. The first-order valence-electron chi connectivity index (χ1n) is 13.2. The summed E-state index contributed by atoms with van der Waals surface area (Å²) in [5.41, 5.74) is 4.78. The van der Waals surface area contributed by atoms with Crippen LogP contribution in [-0.2, 0) is 10.5 Å². The van der Waals surface area contributed by atoms with Gasteiger partial charge in [0.15, 0.2) is 11.0 Å². The van der Waals surface area contributed by atoms with E-state index in [1.54, 1.807) is 12.1 Å². The fourth-order valence-corrected chi connectivity index (χ4v) is 5.72. The van der Waals surface area contributed by atoms with E-state index in [-0.39, 0.29) is 11.6 Å². The number of thioether (sulfide) groups is 1. The van der Waals surface area contributed by atoms with Gasteiger partial charge < -0.3 is 5.32 Å². The van der Waals surface area contributed by atoms with Crippen molar-refractivity contribution in [2.75, 3.05) is 0 Å². The second-order valence-electron chi connectivity index (χ2n) is 9.65. The van der Waals surface area contributed by atoms with E-state index in [0.717, 1.165) is 11.1 Å². The minimum Gasteiger partial charge on any atom is -0.346 e. The molecule has 0 saturated carbocycles. The molecule has 1 atom stereocenters. The Labute approximate surface area is 242 Å². The van der Waals surface area contributed by atoms with Crippen LogP contribution in [0.3, 0.4) is 0 Å². The maximum absolute atomic E-state index is 13.8. The van der Waals surface area contributed by atoms with Crippen molar-refractivity contribution < 1.29 is 9.72 Å². The number of nitro groups is 1. The summed E-state index contributed by atoms with van der Waals surface area (Å²) in [5, 5.41) is 24.0. The lowest BCUT2D eigenvalue weighted by molar-refractivity contribution is -0.384. The maximum atomic E-state index is 13.8. The molecule has 5 rings (SSSR count). The van der Waals surface area contributed by atoms with Gasteiger partial charge in [-0.1, -0.05) is 96.7 Å². The Morgan fingerprint density at radius 3 is 2.05 bits per heavy atom. The lowest BCUT2D eigenvalue weighted by atomic mass is 9.90. The number of amides is 1. The van der Waals surface area contributed by atoms with E-state index in [0.29, 0.717) is 22.4 Å². The first kappa shape index (κ1) is 27.8. The molecule has 0 aliphatic heterocycles. The lowest BCUT2D eigenvalue weighted by Crippen LogP contribution is -2.33. The Morgan fingerprint density at radius 2 is 1.46 bits per heavy atom. The van der Waals surface area contributed by atoms with Crippen molar-refractivity contribution in [3.8, 4) is 5.69 Å². The SMILES string of the molecule is Cc1ccccc1CSc1nnc(C(C)NC(=O)C(c2ccccc2)c2ccccc2)n1-c1ccc([N+](=O)[O-])cc1. The Morgan fingerprint density at radius 1 is 0.878 bits per heavy atom. The Bertz CT molecular complexity index is 1600. The largest absolute Gasteiger partial charge is 0.346 e. The highest BCUT2D eigenvalue weighted by atomic mass is 32.2. The lowest BCUT2D eigenvalue weighted by Gasteiger charge is -2.21. The van der Waals surface area contributed by atoms with Crippen LogP contribution in [0.5, 0.6) is 0 Å². The highest BCUT2D eigenvalue weighted by Gasteiger charge is 2.27. The number of nitro benzene ring substituents is 1. The molecule has 0 aliphatic carbocycles. The quantitative estimate of drug-likeness (QED) is 0.114. The van der Waals surface area contributed by atoms with Crippen LogP contribution >= 0.6 is 11.8 Å². The van der Waals surface area contributed by atoms with E-state index in [1.807, 2.05) is 84.3 Å². The Hall–Kier alpha value is -4.76. The molecule has 1 amide bonds. The molecule has 206 valence electrons. The highest BCUT2D eigenvalue weighted by Crippen LogP contribution is 2.30. The number of nitrogens with zero attached hydrogens (tertiary/aromatic N) is 4. The number of non-ortho nitro benzene ring substituents is 1. The number of aryl methyl sites for hydroxylation is 1. The van der Waals surface area contributed by atoms with Gasteiger partial charge in [0.2, 0.25) is 5.91 Å². The molecule has 1 aromatic heterocycles. The number of nitrogens with one attached hydrogen (secondary N) is 1. The minimum absolute atomic E-state index is 0.00703. The van der Waals surface area contributed by atoms with E-state index in [2.05, 4.69) is 34.6 Å². The van der Waals surface area contributed by atoms with Crippen molar-refractivity contribution in [3.63, 3.8) is 0 Å². The van der Waals surface area contributed by atoms with Gasteiger partial charge in [-0.3, -0.25) is 19.5 Å². The molecular weight excluding hydrogens is 534 g/mol. The Balaban J connectivity index is 1.47. The van der Waals surface area contributed by atoms with E-state index in [4.69, 9.17) is 0 Å². The summed E-state index contributed by atoms with van der Waals surface area (Å²) >= 11 is 1.52. The zero-order valence-corrected chi connectivity index (χ0v) is 23.5. The molecule has 0 bridgehead atoms. The average Bonchev–Trinajstić information content (AvgIpc) is 3.42. The molecule has 41 heavy (non-hydrogen) atoms. The molecule has 0 spiro atoms. The number of rotatable bonds is 10. The first-order valence-corrected chi connectivity index (χ1v) is 14.2. The molecule has 0 saturated heterocycles. The van der Waals surface area contributed by atoms with Crippen LogP contribution < -0.4 is 5.32 Å². The molecule has 1 unspecified atom stereocenters. The van der Waals surface area contributed by atoms with E-state index >= 15 is 0 Å². The van der Waals surface area contributed by atoms with Crippen LogP contribution in [0.4, 0.5) is 5.69 Å². The number of hydrogen-bond acceptors (Lipinski definition) is 6. The standard InChI is InChI=1S/C32H29N5O3S/c1-22-11-9-10-16-26(22)21-41-32-35-34-30(36(32)27-17-19-28(20-18-27)37(39)40)23(2)33-31(38)29(24-12-5-3-6-13-24)25-14-7-4-8-15-25/h3-20,23,29H,21H2,1-2H3,(H,33,38). The van der Waals surface area contributed by atoms with Gasteiger partial charge in [-0.05, 0) is 48.2 Å². The van der Waals surface area contributed by atoms with Crippen molar-refractivity contribution in [2.45, 2.75) is 36.7 Å². The van der Waals surface area contributed by atoms with Crippen molar-refractivity contribution in [3.05, 3.63) is 147 Å². The van der Waals surface area contributed by atoms with Crippen molar-refractivity contribution >= 4 is 23.4 Å². The summed E-state index contributed by atoms with van der Waals surface area (Å²) in [6.07, 6.45) is 0. The number of hydrogen-bond donors (Lipinski definition) is 1. The maximum Gasteiger partial charge on any atom is 0.269 e.